The van der Waals surface area contributed by atoms with Gasteiger partial charge in [0, 0.05) is 12.6 Å². The maximum absolute atomic E-state index is 12.5. The summed E-state index contributed by atoms with van der Waals surface area (Å²) in [6.45, 7) is 9.01. The first-order valence-electron chi connectivity index (χ1n) is 7.01. The van der Waals surface area contributed by atoms with Crippen molar-refractivity contribution in [3.8, 4) is 0 Å². The molecule has 0 fully saturated rings. The van der Waals surface area contributed by atoms with Crippen molar-refractivity contribution in [2.45, 2.75) is 46.7 Å². The van der Waals surface area contributed by atoms with Gasteiger partial charge in [0.1, 0.15) is 6.04 Å². The third-order valence-corrected chi connectivity index (χ3v) is 3.42. The Morgan fingerprint density at radius 3 is 2.00 bits per heavy atom. The lowest BCUT2D eigenvalue weighted by molar-refractivity contribution is -0.137. The van der Waals surface area contributed by atoms with Crippen LogP contribution in [0.5, 0.6) is 0 Å². The van der Waals surface area contributed by atoms with Crippen molar-refractivity contribution < 1.29 is 19.5 Å². The van der Waals surface area contributed by atoms with Crippen LogP contribution < -0.4 is 5.32 Å². The first-order valence-corrected chi connectivity index (χ1v) is 7.01. The predicted octanol–water partition coefficient (Wildman–Crippen LogP) is 1.27. The summed E-state index contributed by atoms with van der Waals surface area (Å²) in [5.41, 5.74) is 0.192. The molecule has 6 heteroatoms. The van der Waals surface area contributed by atoms with Gasteiger partial charge in [-0.1, -0.05) is 33.8 Å². The largest absolute Gasteiger partial charge is 0.478 e. The van der Waals surface area contributed by atoms with E-state index in [1.807, 2.05) is 27.7 Å². The van der Waals surface area contributed by atoms with Crippen LogP contribution in [-0.4, -0.2) is 47.4 Å². The third kappa shape index (κ3) is 5.57. The van der Waals surface area contributed by atoms with Gasteiger partial charge in [0.25, 0.3) is 0 Å². The number of carboxylic acid groups (broad SMARTS) is 1. The Bertz CT molecular complexity index is 416. The van der Waals surface area contributed by atoms with Crippen LogP contribution in [0.2, 0.25) is 0 Å². The molecule has 0 saturated heterocycles. The van der Waals surface area contributed by atoms with Crippen molar-refractivity contribution in [1.82, 2.24) is 10.2 Å². The smallest absolute Gasteiger partial charge is 0.331 e. The maximum Gasteiger partial charge on any atom is 0.331 e. The number of aliphatic carboxylic acids is 1. The van der Waals surface area contributed by atoms with E-state index in [9.17, 15) is 14.4 Å². The SMILES string of the molecule is CC(=C[C@H](C(C)C)N(C)C(=O)[C@@H](NC=O)C(C)C)C(=O)O. The quantitative estimate of drug-likeness (QED) is 0.522. The lowest BCUT2D eigenvalue weighted by Gasteiger charge is -2.33. The van der Waals surface area contributed by atoms with E-state index < -0.39 is 12.0 Å². The van der Waals surface area contributed by atoms with E-state index >= 15 is 0 Å². The fraction of sp³-hybridized carbons (Fsp3) is 0.667. The zero-order valence-corrected chi connectivity index (χ0v) is 13.6. The van der Waals surface area contributed by atoms with Gasteiger partial charge in [0.2, 0.25) is 12.3 Å². The molecule has 0 aliphatic rings. The molecule has 0 heterocycles. The number of carbonyl (C=O) groups is 3. The summed E-state index contributed by atoms with van der Waals surface area (Å²) in [6.07, 6.45) is 2.09. The molecule has 0 saturated carbocycles. The van der Waals surface area contributed by atoms with Crippen LogP contribution in [0.15, 0.2) is 11.6 Å². The lowest BCUT2D eigenvalue weighted by Crippen LogP contribution is -2.51. The van der Waals surface area contributed by atoms with Crippen LogP contribution in [0.1, 0.15) is 34.6 Å². The molecule has 0 aliphatic carbocycles. The summed E-state index contributed by atoms with van der Waals surface area (Å²) in [5.74, 6) is -1.24. The number of nitrogens with zero attached hydrogens (tertiary/aromatic N) is 1. The van der Waals surface area contributed by atoms with E-state index in [1.165, 1.54) is 11.8 Å². The summed E-state index contributed by atoms with van der Waals surface area (Å²) in [6, 6.07) is -0.962. The van der Waals surface area contributed by atoms with Crippen LogP contribution >= 0.6 is 0 Å². The fourth-order valence-corrected chi connectivity index (χ4v) is 2.07. The molecule has 0 bridgehead atoms. The highest BCUT2D eigenvalue weighted by Crippen LogP contribution is 2.16. The summed E-state index contributed by atoms with van der Waals surface area (Å²) in [7, 11) is 1.63. The molecule has 0 radical (unpaired) electrons. The topological polar surface area (TPSA) is 86.7 Å². The van der Waals surface area contributed by atoms with Gasteiger partial charge in [0.05, 0.1) is 6.04 Å². The van der Waals surface area contributed by atoms with E-state index in [-0.39, 0.29) is 29.4 Å². The van der Waals surface area contributed by atoms with Crippen LogP contribution in [0.25, 0.3) is 0 Å². The van der Waals surface area contributed by atoms with Gasteiger partial charge in [-0.15, -0.1) is 0 Å². The number of hydrogen-bond acceptors (Lipinski definition) is 3. The van der Waals surface area contributed by atoms with Crippen molar-refractivity contribution in [3.05, 3.63) is 11.6 Å². The Morgan fingerprint density at radius 2 is 1.67 bits per heavy atom. The minimum absolute atomic E-state index is 0.0530. The molecule has 2 amide bonds. The highest BCUT2D eigenvalue weighted by molar-refractivity contribution is 5.87. The summed E-state index contributed by atoms with van der Waals surface area (Å²) in [5, 5.41) is 11.5. The van der Waals surface area contributed by atoms with Crippen molar-refractivity contribution in [1.29, 1.82) is 0 Å². The minimum atomic E-state index is -1.01. The lowest BCUT2D eigenvalue weighted by atomic mass is 9.97. The summed E-state index contributed by atoms with van der Waals surface area (Å²) < 4.78 is 0. The number of hydrogen-bond donors (Lipinski definition) is 2. The molecule has 2 atom stereocenters. The molecule has 2 N–H and O–H groups in total. The average molecular weight is 298 g/mol. The normalized spacial score (nSPS) is 14.8. The Kier molecular flexibility index (Phi) is 7.70. The Labute approximate surface area is 126 Å². The molecule has 0 aromatic carbocycles. The van der Waals surface area contributed by atoms with Crippen molar-refractivity contribution in [2.24, 2.45) is 11.8 Å². The van der Waals surface area contributed by atoms with Crippen LogP contribution in [0, 0.1) is 11.8 Å². The second kappa shape index (κ2) is 8.44. The monoisotopic (exact) mass is 298 g/mol. The van der Waals surface area contributed by atoms with Gasteiger partial charge in [-0.05, 0) is 18.8 Å². The molecule has 0 rings (SSSR count). The number of nitrogens with one attached hydrogen (secondary N) is 1. The molecule has 0 aromatic heterocycles. The van der Waals surface area contributed by atoms with Crippen LogP contribution in [0.3, 0.4) is 0 Å². The van der Waals surface area contributed by atoms with E-state index in [0.29, 0.717) is 6.41 Å². The molecule has 0 aliphatic heterocycles. The van der Waals surface area contributed by atoms with E-state index in [4.69, 9.17) is 5.11 Å². The van der Waals surface area contributed by atoms with Crippen molar-refractivity contribution >= 4 is 18.3 Å². The van der Waals surface area contributed by atoms with Gasteiger partial charge in [-0.3, -0.25) is 9.59 Å². The van der Waals surface area contributed by atoms with E-state index in [2.05, 4.69) is 5.32 Å². The second-order valence-electron chi connectivity index (χ2n) is 5.84. The van der Waals surface area contributed by atoms with Gasteiger partial charge < -0.3 is 15.3 Å². The Hall–Kier alpha value is -1.85. The zero-order chi connectivity index (χ0) is 16.7. The maximum atomic E-state index is 12.5. The third-order valence-electron chi connectivity index (χ3n) is 3.42. The number of likely N-dealkylation sites (N-methyl/N-ethyl adjacent to an activating group) is 1. The number of rotatable bonds is 8. The highest BCUT2D eigenvalue weighted by atomic mass is 16.4. The standard InChI is InChI=1S/C15H26N2O4/c1-9(2)12(7-11(5)15(20)21)17(6)14(19)13(10(3)4)16-8-18/h7-10,12-13H,1-6H3,(H,16,18)(H,20,21)/t12-,13+/m1/s1. The van der Waals surface area contributed by atoms with Crippen molar-refractivity contribution in [3.63, 3.8) is 0 Å². The predicted molar refractivity (Wildman–Crippen MR) is 80.6 cm³/mol. The molecule has 0 aromatic rings. The number of carbonyl (C=O) groups excluding carboxylic acids is 2. The second-order valence-corrected chi connectivity index (χ2v) is 5.84. The summed E-state index contributed by atoms with van der Waals surface area (Å²) >= 11 is 0. The molecule has 0 unspecified atom stereocenters. The number of amides is 2. The molecular weight excluding hydrogens is 272 g/mol. The van der Waals surface area contributed by atoms with E-state index in [0.717, 1.165) is 0 Å². The highest BCUT2D eigenvalue weighted by Gasteiger charge is 2.29. The first-order chi connectivity index (χ1) is 9.63. The van der Waals surface area contributed by atoms with Gasteiger partial charge in [0.15, 0.2) is 0 Å². The molecule has 21 heavy (non-hydrogen) atoms. The summed E-state index contributed by atoms with van der Waals surface area (Å²) in [4.78, 5) is 35.6. The molecular formula is C15H26N2O4. The van der Waals surface area contributed by atoms with Gasteiger partial charge >= 0.3 is 5.97 Å². The molecule has 120 valence electrons. The van der Waals surface area contributed by atoms with Crippen LogP contribution in [0.4, 0.5) is 0 Å². The van der Waals surface area contributed by atoms with Crippen LogP contribution in [-0.2, 0) is 14.4 Å². The fourth-order valence-electron chi connectivity index (χ4n) is 2.07. The van der Waals surface area contributed by atoms with Gasteiger partial charge in [-0.2, -0.15) is 0 Å². The molecule has 0 spiro atoms. The Morgan fingerprint density at radius 1 is 1.14 bits per heavy atom. The number of carboxylic acids is 1. The van der Waals surface area contributed by atoms with E-state index in [1.54, 1.807) is 13.1 Å². The zero-order valence-electron chi connectivity index (χ0n) is 13.6. The molecule has 6 nitrogen and oxygen atoms in total. The first kappa shape index (κ1) is 19.1. The minimum Gasteiger partial charge on any atom is -0.478 e. The average Bonchev–Trinajstić information content (AvgIpc) is 2.39. The van der Waals surface area contributed by atoms with Gasteiger partial charge in [-0.25, -0.2) is 4.79 Å². The van der Waals surface area contributed by atoms with Crippen molar-refractivity contribution in [2.75, 3.05) is 7.05 Å². The Balaban J connectivity index is 5.34.